The van der Waals surface area contributed by atoms with Gasteiger partial charge >= 0.3 is 6.09 Å². The average Bonchev–Trinajstić information content (AvgIpc) is 2.37. The molecule has 4 nitrogen and oxygen atoms in total. The molecule has 0 saturated heterocycles. The Kier molecular flexibility index (Phi) is 4.63. The van der Waals surface area contributed by atoms with Gasteiger partial charge in [-0.2, -0.15) is 0 Å². The van der Waals surface area contributed by atoms with Gasteiger partial charge in [0.2, 0.25) is 0 Å². The summed E-state index contributed by atoms with van der Waals surface area (Å²) in [7, 11) is 0. The molecule has 0 aliphatic heterocycles. The van der Waals surface area contributed by atoms with E-state index in [1.54, 1.807) is 0 Å². The lowest BCUT2D eigenvalue weighted by Crippen LogP contribution is -2.55. The highest BCUT2D eigenvalue weighted by Crippen LogP contribution is 2.30. The zero-order valence-corrected chi connectivity index (χ0v) is 14.3. The van der Waals surface area contributed by atoms with Gasteiger partial charge in [0.1, 0.15) is 5.60 Å². The van der Waals surface area contributed by atoms with Gasteiger partial charge in [0.25, 0.3) is 0 Å². The molecular formula is C16H22BrNO3. The summed E-state index contributed by atoms with van der Waals surface area (Å²) in [4.78, 5) is 12.0. The summed E-state index contributed by atoms with van der Waals surface area (Å²) in [5.74, 6) is 0. The predicted octanol–water partition coefficient (Wildman–Crippen LogP) is 3.19. The lowest BCUT2D eigenvalue weighted by atomic mass is 9.78. The van der Waals surface area contributed by atoms with Crippen molar-refractivity contribution in [3.05, 3.63) is 33.8 Å². The van der Waals surface area contributed by atoms with Gasteiger partial charge in [0.15, 0.2) is 0 Å². The molecule has 2 rings (SSSR count). The largest absolute Gasteiger partial charge is 0.444 e. The van der Waals surface area contributed by atoms with Crippen molar-refractivity contribution in [3.63, 3.8) is 0 Å². The standard InChI is InChI=1S/C16H22BrNO3/c1-15(2,3)21-14(20)18-16(10-19)7-6-11-8-13(17)5-4-12(11)9-16/h4-5,8,19H,6-7,9-10H2,1-3H3,(H,18,20). The van der Waals surface area contributed by atoms with E-state index < -0.39 is 17.2 Å². The summed E-state index contributed by atoms with van der Waals surface area (Å²) in [6.45, 7) is 5.38. The summed E-state index contributed by atoms with van der Waals surface area (Å²) >= 11 is 3.47. The number of aryl methyl sites for hydroxylation is 1. The maximum atomic E-state index is 12.0. The Morgan fingerprint density at radius 3 is 2.76 bits per heavy atom. The molecule has 1 amide bonds. The first kappa shape index (κ1) is 16.3. The van der Waals surface area contributed by atoms with Crippen LogP contribution in [-0.4, -0.2) is 28.9 Å². The summed E-state index contributed by atoms with van der Waals surface area (Å²) < 4.78 is 6.36. The zero-order chi connectivity index (χ0) is 15.7. The van der Waals surface area contributed by atoms with Gasteiger partial charge in [-0.05, 0) is 63.3 Å². The first-order valence-corrected chi connectivity index (χ1v) is 7.92. The number of rotatable bonds is 2. The number of hydrogen-bond donors (Lipinski definition) is 2. The second kappa shape index (κ2) is 5.97. The first-order chi connectivity index (χ1) is 9.73. The molecule has 2 N–H and O–H groups in total. The number of ether oxygens (including phenoxy) is 1. The van der Waals surface area contributed by atoms with E-state index in [0.29, 0.717) is 12.8 Å². The lowest BCUT2D eigenvalue weighted by molar-refractivity contribution is 0.0379. The van der Waals surface area contributed by atoms with Crippen molar-refractivity contribution in [3.8, 4) is 0 Å². The molecule has 0 aromatic heterocycles. The molecule has 0 fully saturated rings. The van der Waals surface area contributed by atoms with Crippen LogP contribution in [0.1, 0.15) is 38.3 Å². The van der Waals surface area contributed by atoms with Gasteiger partial charge in [-0.25, -0.2) is 4.79 Å². The SMILES string of the molecule is CC(C)(C)OC(=O)NC1(CO)CCc2cc(Br)ccc2C1. The highest BCUT2D eigenvalue weighted by Gasteiger charge is 2.36. The van der Waals surface area contributed by atoms with Gasteiger partial charge in [-0.3, -0.25) is 0 Å². The third-order valence-electron chi connectivity index (χ3n) is 3.64. The number of aliphatic hydroxyl groups is 1. The van der Waals surface area contributed by atoms with Crippen LogP contribution in [0, 0.1) is 0 Å². The topological polar surface area (TPSA) is 58.6 Å². The van der Waals surface area contributed by atoms with Crippen LogP contribution < -0.4 is 5.32 Å². The third kappa shape index (κ3) is 4.20. The fourth-order valence-electron chi connectivity index (χ4n) is 2.63. The van der Waals surface area contributed by atoms with E-state index in [2.05, 4.69) is 27.3 Å². The maximum Gasteiger partial charge on any atom is 0.408 e. The number of carbonyl (C=O) groups is 1. The van der Waals surface area contributed by atoms with Gasteiger partial charge in [-0.15, -0.1) is 0 Å². The predicted molar refractivity (Wildman–Crippen MR) is 85.4 cm³/mol. The number of fused-ring (bicyclic) bond motifs is 1. The number of benzene rings is 1. The van der Waals surface area contributed by atoms with Gasteiger partial charge in [-0.1, -0.05) is 22.0 Å². The molecule has 1 aliphatic rings. The van der Waals surface area contributed by atoms with E-state index in [-0.39, 0.29) is 6.61 Å². The van der Waals surface area contributed by atoms with E-state index in [9.17, 15) is 9.90 Å². The van der Waals surface area contributed by atoms with Crippen molar-refractivity contribution in [1.29, 1.82) is 0 Å². The normalized spacial score (nSPS) is 21.6. The number of carbonyl (C=O) groups excluding carboxylic acids is 1. The molecule has 5 heteroatoms. The van der Waals surface area contributed by atoms with Crippen LogP contribution in [0.25, 0.3) is 0 Å². The molecule has 116 valence electrons. The zero-order valence-electron chi connectivity index (χ0n) is 12.7. The van der Waals surface area contributed by atoms with Crippen molar-refractivity contribution >= 4 is 22.0 Å². The minimum atomic E-state index is -0.636. The monoisotopic (exact) mass is 355 g/mol. The molecule has 0 heterocycles. The Morgan fingerprint density at radius 2 is 2.14 bits per heavy atom. The summed E-state index contributed by atoms with van der Waals surface area (Å²) in [5, 5.41) is 12.7. The molecule has 0 saturated carbocycles. The third-order valence-corrected chi connectivity index (χ3v) is 4.13. The molecule has 1 unspecified atom stereocenters. The highest BCUT2D eigenvalue weighted by atomic mass is 79.9. The van der Waals surface area contributed by atoms with Crippen LogP contribution in [0.2, 0.25) is 0 Å². The van der Waals surface area contributed by atoms with E-state index in [4.69, 9.17) is 4.74 Å². The quantitative estimate of drug-likeness (QED) is 0.856. The number of hydrogen-bond acceptors (Lipinski definition) is 3. The Labute approximate surface area is 134 Å². The van der Waals surface area contributed by atoms with Crippen molar-refractivity contribution in [2.45, 2.75) is 51.2 Å². The van der Waals surface area contributed by atoms with Crippen LogP contribution in [0.3, 0.4) is 0 Å². The van der Waals surface area contributed by atoms with Crippen molar-refractivity contribution in [2.24, 2.45) is 0 Å². The van der Waals surface area contributed by atoms with E-state index in [1.807, 2.05) is 32.9 Å². The Bertz CT molecular complexity index is 539. The van der Waals surface area contributed by atoms with Crippen molar-refractivity contribution in [1.82, 2.24) is 5.32 Å². The molecule has 1 aliphatic carbocycles. The molecule has 1 aromatic rings. The molecule has 21 heavy (non-hydrogen) atoms. The number of aliphatic hydroxyl groups excluding tert-OH is 1. The first-order valence-electron chi connectivity index (χ1n) is 7.12. The second-order valence-electron chi connectivity index (χ2n) is 6.66. The van der Waals surface area contributed by atoms with Crippen LogP contribution in [0.4, 0.5) is 4.79 Å². The molecule has 0 spiro atoms. The Balaban J connectivity index is 2.13. The molecule has 1 atom stereocenters. The van der Waals surface area contributed by atoms with Gasteiger partial charge in [0, 0.05) is 4.47 Å². The highest BCUT2D eigenvalue weighted by molar-refractivity contribution is 9.10. The number of amides is 1. The molecule has 0 bridgehead atoms. The van der Waals surface area contributed by atoms with Crippen molar-refractivity contribution in [2.75, 3.05) is 6.61 Å². The van der Waals surface area contributed by atoms with Crippen LogP contribution in [0.15, 0.2) is 22.7 Å². The van der Waals surface area contributed by atoms with Gasteiger partial charge in [0.05, 0.1) is 12.1 Å². The second-order valence-corrected chi connectivity index (χ2v) is 7.57. The van der Waals surface area contributed by atoms with E-state index in [1.165, 1.54) is 5.56 Å². The number of nitrogens with one attached hydrogen (secondary N) is 1. The van der Waals surface area contributed by atoms with E-state index in [0.717, 1.165) is 16.5 Å². The van der Waals surface area contributed by atoms with Crippen LogP contribution in [-0.2, 0) is 17.6 Å². The van der Waals surface area contributed by atoms with Crippen LogP contribution in [0.5, 0.6) is 0 Å². The Morgan fingerprint density at radius 1 is 1.43 bits per heavy atom. The fraction of sp³-hybridized carbons (Fsp3) is 0.562. The minimum absolute atomic E-state index is 0.0955. The molecule has 1 aromatic carbocycles. The smallest absolute Gasteiger partial charge is 0.408 e. The fourth-order valence-corrected chi connectivity index (χ4v) is 3.04. The summed E-state index contributed by atoms with van der Waals surface area (Å²) in [5.41, 5.74) is 1.25. The maximum absolute atomic E-state index is 12.0. The summed E-state index contributed by atoms with van der Waals surface area (Å²) in [6, 6.07) is 6.13. The number of halogens is 1. The minimum Gasteiger partial charge on any atom is -0.444 e. The van der Waals surface area contributed by atoms with Gasteiger partial charge < -0.3 is 15.2 Å². The lowest BCUT2D eigenvalue weighted by Gasteiger charge is -2.38. The summed E-state index contributed by atoms with van der Waals surface area (Å²) in [6.07, 6.45) is 1.67. The average molecular weight is 356 g/mol. The number of alkyl carbamates (subject to hydrolysis) is 1. The Hall–Kier alpha value is -1.07. The molecule has 0 radical (unpaired) electrons. The molecular weight excluding hydrogens is 334 g/mol. The van der Waals surface area contributed by atoms with Crippen LogP contribution >= 0.6 is 15.9 Å². The van der Waals surface area contributed by atoms with E-state index >= 15 is 0 Å². The van der Waals surface area contributed by atoms with Crippen molar-refractivity contribution < 1.29 is 14.6 Å².